The normalized spacial score (nSPS) is 20.2. The molecule has 5 rings (SSSR count). The van der Waals surface area contributed by atoms with E-state index in [9.17, 15) is 35.9 Å². The number of rotatable bonds is 4. The summed E-state index contributed by atoms with van der Waals surface area (Å²) in [6.45, 7) is 0.756. The van der Waals surface area contributed by atoms with Gasteiger partial charge in [0, 0.05) is 11.9 Å². The zero-order valence-electron chi connectivity index (χ0n) is 19.3. The highest BCUT2D eigenvalue weighted by molar-refractivity contribution is 8.18. The van der Waals surface area contributed by atoms with Gasteiger partial charge in [-0.1, -0.05) is 12.1 Å². The van der Waals surface area contributed by atoms with Crippen molar-refractivity contribution >= 4 is 39.9 Å². The molecule has 1 N–H and O–H groups in total. The van der Waals surface area contributed by atoms with Crippen molar-refractivity contribution in [1.82, 2.24) is 20.0 Å². The molecular formula is C24H18F6N4O3S. The van der Waals surface area contributed by atoms with Gasteiger partial charge in [0.1, 0.15) is 6.17 Å². The molecule has 3 aromatic rings. The van der Waals surface area contributed by atoms with Gasteiger partial charge < -0.3 is 4.74 Å². The van der Waals surface area contributed by atoms with Crippen molar-refractivity contribution in [1.29, 1.82) is 0 Å². The van der Waals surface area contributed by atoms with Gasteiger partial charge in [-0.05, 0) is 53.2 Å². The fraction of sp³-hybridized carbons (Fsp3) is 0.292. The molecular weight excluding hydrogens is 538 g/mol. The zero-order chi connectivity index (χ0) is 27.2. The smallest absolute Gasteiger partial charge is 0.377 e. The highest BCUT2D eigenvalue weighted by atomic mass is 32.2. The third kappa shape index (κ3) is 5.15. The van der Waals surface area contributed by atoms with Gasteiger partial charge in [0.2, 0.25) is 0 Å². The molecule has 2 aliphatic rings. The van der Waals surface area contributed by atoms with Crippen LogP contribution in [0.5, 0.6) is 0 Å². The number of carbonyl (C=O) groups excluding carboxylic acids is 2. The number of alkyl halides is 6. The van der Waals surface area contributed by atoms with Crippen molar-refractivity contribution in [2.75, 3.05) is 19.8 Å². The van der Waals surface area contributed by atoms with Crippen molar-refractivity contribution in [3.63, 3.8) is 0 Å². The van der Waals surface area contributed by atoms with Crippen molar-refractivity contribution in [2.45, 2.75) is 25.1 Å². The number of nitrogens with zero attached hydrogens (tertiary/aromatic N) is 3. The summed E-state index contributed by atoms with van der Waals surface area (Å²) < 4.78 is 86.1. The van der Waals surface area contributed by atoms with E-state index < -0.39 is 47.3 Å². The molecule has 1 aromatic heterocycles. The SMILES string of the molecule is O=C1S/C(=C\c2ccc3c(cnn3Cc3ccc(C(F)(F)F)cc3C(F)(F)F)c2)C(=O)N1C1COCCN1. The molecule has 2 fully saturated rings. The second-order valence-corrected chi connectivity index (χ2v) is 9.58. The maximum absolute atomic E-state index is 13.5. The van der Waals surface area contributed by atoms with E-state index in [1.165, 1.54) is 17.0 Å². The fourth-order valence-electron chi connectivity index (χ4n) is 4.25. The van der Waals surface area contributed by atoms with E-state index in [1.807, 2.05) is 0 Å². The lowest BCUT2D eigenvalue weighted by Crippen LogP contribution is -2.54. The Morgan fingerprint density at radius 1 is 1.08 bits per heavy atom. The molecule has 14 heteroatoms. The number of ether oxygens (including phenoxy) is 1. The first-order chi connectivity index (χ1) is 17.9. The summed E-state index contributed by atoms with van der Waals surface area (Å²) in [5.74, 6) is -0.472. The largest absolute Gasteiger partial charge is 0.416 e. The third-order valence-corrected chi connectivity index (χ3v) is 6.95. The summed E-state index contributed by atoms with van der Waals surface area (Å²) in [6.07, 6.45) is -7.53. The fourth-order valence-corrected chi connectivity index (χ4v) is 5.13. The number of halogens is 6. The molecule has 1 unspecified atom stereocenters. The predicted octanol–water partition coefficient (Wildman–Crippen LogP) is 5.10. The van der Waals surface area contributed by atoms with E-state index in [4.69, 9.17) is 4.74 Å². The van der Waals surface area contributed by atoms with Gasteiger partial charge in [0.25, 0.3) is 11.1 Å². The van der Waals surface area contributed by atoms with Gasteiger partial charge in [0.15, 0.2) is 0 Å². The first kappa shape index (κ1) is 26.3. The molecule has 3 heterocycles. The van der Waals surface area contributed by atoms with E-state index in [2.05, 4.69) is 10.4 Å². The third-order valence-electron chi connectivity index (χ3n) is 6.06. The Labute approximate surface area is 215 Å². The van der Waals surface area contributed by atoms with Gasteiger partial charge in [-0.25, -0.2) is 4.90 Å². The quantitative estimate of drug-likeness (QED) is 0.356. The van der Waals surface area contributed by atoms with Crippen LogP contribution in [0.15, 0.2) is 47.5 Å². The highest BCUT2D eigenvalue weighted by Gasteiger charge is 2.41. The Morgan fingerprint density at radius 3 is 2.55 bits per heavy atom. The van der Waals surface area contributed by atoms with Gasteiger partial charge in [0.05, 0.1) is 47.5 Å². The number of amides is 2. The molecule has 2 aromatic carbocycles. The van der Waals surface area contributed by atoms with Crippen LogP contribution >= 0.6 is 11.8 Å². The Morgan fingerprint density at radius 2 is 1.87 bits per heavy atom. The van der Waals surface area contributed by atoms with Gasteiger partial charge >= 0.3 is 12.4 Å². The lowest BCUT2D eigenvalue weighted by Gasteiger charge is -2.29. The molecule has 0 radical (unpaired) electrons. The second kappa shape index (κ2) is 9.75. The van der Waals surface area contributed by atoms with Crippen molar-refractivity contribution < 1.29 is 40.7 Å². The summed E-state index contributed by atoms with van der Waals surface area (Å²) in [4.78, 5) is 26.6. The first-order valence-electron chi connectivity index (χ1n) is 11.2. The number of nitrogens with one attached hydrogen (secondary N) is 1. The minimum absolute atomic E-state index is 0.0983. The van der Waals surface area contributed by atoms with E-state index in [0.29, 0.717) is 35.7 Å². The van der Waals surface area contributed by atoms with Crippen LogP contribution in [0.2, 0.25) is 0 Å². The summed E-state index contributed by atoms with van der Waals surface area (Å²) >= 11 is 0.785. The van der Waals surface area contributed by atoms with E-state index in [0.717, 1.165) is 22.7 Å². The Kier molecular flexibility index (Phi) is 6.73. The van der Waals surface area contributed by atoms with Gasteiger partial charge in [-0.2, -0.15) is 31.4 Å². The number of imide groups is 1. The monoisotopic (exact) mass is 556 g/mol. The molecule has 2 aliphatic heterocycles. The number of thioether (sulfide) groups is 1. The van der Waals surface area contributed by atoms with Crippen LogP contribution in [0.25, 0.3) is 17.0 Å². The van der Waals surface area contributed by atoms with Crippen LogP contribution in [0.1, 0.15) is 22.3 Å². The van der Waals surface area contributed by atoms with Crippen molar-refractivity contribution in [2.24, 2.45) is 0 Å². The molecule has 0 bridgehead atoms. The lowest BCUT2D eigenvalue weighted by atomic mass is 10.0. The number of hydrogen-bond donors (Lipinski definition) is 1. The molecule has 2 saturated heterocycles. The van der Waals surface area contributed by atoms with Crippen LogP contribution in [-0.2, 0) is 28.4 Å². The summed E-state index contributed by atoms with van der Waals surface area (Å²) in [5.41, 5.74) is -2.15. The number of hydrogen-bond acceptors (Lipinski definition) is 6. The molecule has 2 amide bonds. The van der Waals surface area contributed by atoms with Crippen molar-refractivity contribution in [3.05, 3.63) is 69.8 Å². The summed E-state index contributed by atoms with van der Waals surface area (Å²) in [6, 6.07) is 6.33. The Balaban J connectivity index is 1.40. The van der Waals surface area contributed by atoms with E-state index in [1.54, 1.807) is 18.2 Å². The van der Waals surface area contributed by atoms with Crippen LogP contribution < -0.4 is 5.32 Å². The number of aromatic nitrogens is 2. The average molecular weight is 556 g/mol. The molecule has 38 heavy (non-hydrogen) atoms. The number of benzene rings is 2. The maximum Gasteiger partial charge on any atom is 0.416 e. The highest BCUT2D eigenvalue weighted by Crippen LogP contribution is 2.38. The average Bonchev–Trinajstić information content (AvgIpc) is 3.37. The number of carbonyl (C=O) groups is 2. The second-order valence-electron chi connectivity index (χ2n) is 8.58. The Bertz CT molecular complexity index is 1440. The van der Waals surface area contributed by atoms with Gasteiger partial charge in [-0.3, -0.25) is 19.6 Å². The first-order valence-corrected chi connectivity index (χ1v) is 12.0. The Hall–Kier alpha value is -3.36. The topological polar surface area (TPSA) is 76.5 Å². The molecule has 200 valence electrons. The van der Waals surface area contributed by atoms with E-state index in [-0.39, 0.29) is 23.1 Å². The standard InChI is InChI=1S/C24H18F6N4O3S/c25-23(26,27)16-3-2-14(17(9-16)24(28,29)30)11-33-18-4-1-13(7-15(18)10-32-33)8-19-21(35)34(22(36)38-19)20-12-37-6-5-31-20/h1-4,7-10,20,31H,5-6,11-12H2/b19-8-. The molecule has 0 spiro atoms. The molecule has 1 atom stereocenters. The van der Waals surface area contributed by atoms with Crippen LogP contribution in [0, 0.1) is 0 Å². The van der Waals surface area contributed by atoms with Gasteiger partial charge in [-0.15, -0.1) is 0 Å². The van der Waals surface area contributed by atoms with E-state index >= 15 is 0 Å². The maximum atomic E-state index is 13.5. The molecule has 0 aliphatic carbocycles. The predicted molar refractivity (Wildman–Crippen MR) is 126 cm³/mol. The number of fused-ring (bicyclic) bond motifs is 1. The minimum Gasteiger partial charge on any atom is -0.377 e. The van der Waals surface area contributed by atoms with Crippen molar-refractivity contribution in [3.8, 4) is 0 Å². The lowest BCUT2D eigenvalue weighted by molar-refractivity contribution is -0.143. The molecule has 7 nitrogen and oxygen atoms in total. The zero-order valence-corrected chi connectivity index (χ0v) is 20.1. The minimum atomic E-state index is -4.99. The van der Waals surface area contributed by atoms with Crippen LogP contribution in [-0.4, -0.2) is 51.8 Å². The summed E-state index contributed by atoms with van der Waals surface area (Å²) in [7, 11) is 0. The summed E-state index contributed by atoms with van der Waals surface area (Å²) in [5, 5.41) is 7.26. The number of morpholine rings is 1. The molecule has 0 saturated carbocycles. The van der Waals surface area contributed by atoms with Crippen LogP contribution in [0.3, 0.4) is 0 Å². The van der Waals surface area contributed by atoms with Crippen LogP contribution in [0.4, 0.5) is 31.1 Å².